The maximum Gasteiger partial charge on any atom is 0.269 e. The molecule has 0 saturated carbocycles. The number of ether oxygens (including phenoxy) is 1. The lowest BCUT2D eigenvalue weighted by Crippen LogP contribution is -2.27. The second-order valence-electron chi connectivity index (χ2n) is 7.51. The monoisotopic (exact) mass is 489 g/mol. The first-order valence-corrected chi connectivity index (χ1v) is 11.8. The number of fused-ring (bicyclic) bond motifs is 1. The molecule has 4 aromatic rings. The van der Waals surface area contributed by atoms with E-state index in [4.69, 9.17) is 21.4 Å². The number of furan rings is 1. The highest BCUT2D eigenvalue weighted by atomic mass is 32.2. The molecule has 1 aliphatic heterocycles. The summed E-state index contributed by atoms with van der Waals surface area (Å²) in [7, 11) is 0. The Kier molecular flexibility index (Phi) is 6.04. The molecule has 0 spiro atoms. The summed E-state index contributed by atoms with van der Waals surface area (Å²) in [6.07, 6.45) is 5.58. The molecule has 1 amide bonds. The van der Waals surface area contributed by atoms with E-state index in [0.29, 0.717) is 26.4 Å². The number of nitrogens with zero attached hydrogens (tertiary/aromatic N) is 3. The number of carbonyl (C=O) groups is 1. The van der Waals surface area contributed by atoms with E-state index in [1.54, 1.807) is 42.8 Å². The zero-order chi connectivity index (χ0) is 23.7. The van der Waals surface area contributed by atoms with Crippen molar-refractivity contribution >= 4 is 45.9 Å². The van der Waals surface area contributed by atoms with Crippen LogP contribution in [0.4, 0.5) is 0 Å². The quantitative estimate of drug-likeness (QED) is 0.277. The predicted molar refractivity (Wildman–Crippen MR) is 135 cm³/mol. The van der Waals surface area contributed by atoms with Crippen LogP contribution in [0.15, 0.2) is 81.2 Å². The van der Waals surface area contributed by atoms with Gasteiger partial charge in [0.15, 0.2) is 0 Å². The molecule has 1 aromatic carbocycles. The summed E-state index contributed by atoms with van der Waals surface area (Å²) in [5, 5.41) is 0. The van der Waals surface area contributed by atoms with Crippen LogP contribution in [0.2, 0.25) is 0 Å². The summed E-state index contributed by atoms with van der Waals surface area (Å²) in [5.74, 6) is 0.980. The average molecular weight is 490 g/mol. The van der Waals surface area contributed by atoms with E-state index in [2.05, 4.69) is 11.9 Å². The standard InChI is InChI=1S/C25H19N3O4S2/c1-2-16-8-10-17(11-9-16)32-22-19(23(29)27-12-4-3-7-21(27)26-22)14-20-24(30)28(25(33)34-20)15-18-6-5-13-31-18/h3-14H,2,15H2,1H3/b20-14+. The molecule has 1 fully saturated rings. The first kappa shape index (κ1) is 22.1. The van der Waals surface area contributed by atoms with Crippen LogP contribution in [0.1, 0.15) is 23.8 Å². The normalized spacial score (nSPS) is 15.0. The number of aromatic nitrogens is 2. The first-order chi connectivity index (χ1) is 16.5. The summed E-state index contributed by atoms with van der Waals surface area (Å²) >= 11 is 6.54. The van der Waals surface area contributed by atoms with Gasteiger partial charge < -0.3 is 9.15 Å². The van der Waals surface area contributed by atoms with E-state index in [1.165, 1.54) is 20.9 Å². The van der Waals surface area contributed by atoms with Crippen molar-refractivity contribution in [3.05, 3.63) is 99.2 Å². The summed E-state index contributed by atoms with van der Waals surface area (Å²) in [4.78, 5) is 32.8. The number of rotatable bonds is 6. The Morgan fingerprint density at radius 2 is 1.94 bits per heavy atom. The number of hydrogen-bond acceptors (Lipinski definition) is 7. The topological polar surface area (TPSA) is 77.1 Å². The van der Waals surface area contributed by atoms with Crippen molar-refractivity contribution in [3.8, 4) is 11.6 Å². The molecule has 0 atom stereocenters. The van der Waals surface area contributed by atoms with Gasteiger partial charge in [-0.05, 0) is 54.5 Å². The van der Waals surface area contributed by atoms with Gasteiger partial charge in [0.05, 0.1) is 17.7 Å². The highest BCUT2D eigenvalue weighted by Gasteiger charge is 2.33. The zero-order valence-electron chi connectivity index (χ0n) is 18.1. The largest absolute Gasteiger partial charge is 0.467 e. The van der Waals surface area contributed by atoms with Gasteiger partial charge in [0.1, 0.15) is 27.0 Å². The van der Waals surface area contributed by atoms with Crippen LogP contribution in [-0.4, -0.2) is 24.5 Å². The highest BCUT2D eigenvalue weighted by molar-refractivity contribution is 8.26. The Morgan fingerprint density at radius 1 is 1.12 bits per heavy atom. The lowest BCUT2D eigenvalue weighted by atomic mass is 10.2. The molecular formula is C25H19N3O4S2. The molecule has 9 heteroatoms. The van der Waals surface area contributed by atoms with Gasteiger partial charge in [-0.15, -0.1) is 0 Å². The SMILES string of the molecule is CCc1ccc(Oc2nc3ccccn3c(=O)c2/C=C2/SC(=S)N(Cc3ccco3)C2=O)cc1. The minimum absolute atomic E-state index is 0.122. The van der Waals surface area contributed by atoms with Gasteiger partial charge in [-0.1, -0.05) is 49.1 Å². The molecule has 0 radical (unpaired) electrons. The van der Waals surface area contributed by atoms with Crippen molar-refractivity contribution in [2.24, 2.45) is 0 Å². The summed E-state index contributed by atoms with van der Waals surface area (Å²) in [6, 6.07) is 16.4. The minimum atomic E-state index is -0.345. The molecule has 0 aliphatic carbocycles. The summed E-state index contributed by atoms with van der Waals surface area (Å²) in [6.45, 7) is 2.29. The van der Waals surface area contributed by atoms with E-state index in [1.807, 2.05) is 24.3 Å². The second-order valence-corrected chi connectivity index (χ2v) is 9.19. The van der Waals surface area contributed by atoms with Crippen LogP contribution >= 0.6 is 24.0 Å². The van der Waals surface area contributed by atoms with E-state index in [0.717, 1.165) is 18.2 Å². The van der Waals surface area contributed by atoms with Crippen LogP contribution < -0.4 is 10.3 Å². The van der Waals surface area contributed by atoms with Gasteiger partial charge in [-0.25, -0.2) is 0 Å². The van der Waals surface area contributed by atoms with E-state index >= 15 is 0 Å². The molecule has 3 aromatic heterocycles. The Labute approximate surface area is 204 Å². The lowest BCUT2D eigenvalue weighted by Gasteiger charge is -2.12. The molecular weight excluding hydrogens is 470 g/mol. The van der Waals surface area contributed by atoms with Crippen molar-refractivity contribution in [1.82, 2.24) is 14.3 Å². The third-order valence-corrected chi connectivity index (χ3v) is 6.70. The highest BCUT2D eigenvalue weighted by Crippen LogP contribution is 2.35. The van der Waals surface area contributed by atoms with Crippen molar-refractivity contribution < 1.29 is 13.9 Å². The van der Waals surface area contributed by atoms with Crippen molar-refractivity contribution in [1.29, 1.82) is 0 Å². The number of benzene rings is 1. The van der Waals surface area contributed by atoms with Crippen molar-refractivity contribution in [2.45, 2.75) is 19.9 Å². The molecule has 170 valence electrons. The minimum Gasteiger partial charge on any atom is -0.467 e. The number of hydrogen-bond donors (Lipinski definition) is 0. The Balaban J connectivity index is 1.56. The number of thioether (sulfide) groups is 1. The predicted octanol–water partition coefficient (Wildman–Crippen LogP) is 5.04. The van der Waals surface area contributed by atoms with Crippen LogP contribution in [0.5, 0.6) is 11.6 Å². The third kappa shape index (κ3) is 4.27. The van der Waals surface area contributed by atoms with Gasteiger partial charge in [0, 0.05) is 6.20 Å². The van der Waals surface area contributed by atoms with Crippen LogP contribution in [-0.2, 0) is 17.8 Å². The number of thiocarbonyl (C=S) groups is 1. The van der Waals surface area contributed by atoms with E-state index in [-0.39, 0.29) is 29.5 Å². The fourth-order valence-corrected chi connectivity index (χ4v) is 4.75. The van der Waals surface area contributed by atoms with Gasteiger partial charge in [-0.2, -0.15) is 4.98 Å². The summed E-state index contributed by atoms with van der Waals surface area (Å²) < 4.78 is 13.2. The molecule has 0 bridgehead atoms. The van der Waals surface area contributed by atoms with Crippen LogP contribution in [0, 0.1) is 0 Å². The Morgan fingerprint density at radius 3 is 2.68 bits per heavy atom. The molecule has 0 unspecified atom stereocenters. The molecule has 5 rings (SSSR count). The lowest BCUT2D eigenvalue weighted by molar-refractivity contribution is -0.122. The van der Waals surface area contributed by atoms with Crippen molar-refractivity contribution in [3.63, 3.8) is 0 Å². The maximum absolute atomic E-state index is 13.4. The Bertz CT molecular complexity index is 1470. The van der Waals surface area contributed by atoms with Gasteiger partial charge in [0.2, 0.25) is 5.88 Å². The van der Waals surface area contributed by atoms with Gasteiger partial charge in [-0.3, -0.25) is 18.9 Å². The number of amides is 1. The third-order valence-electron chi connectivity index (χ3n) is 5.32. The summed E-state index contributed by atoms with van der Waals surface area (Å²) in [5.41, 5.74) is 1.43. The molecule has 1 aliphatic rings. The van der Waals surface area contributed by atoms with E-state index < -0.39 is 0 Å². The van der Waals surface area contributed by atoms with Crippen LogP contribution in [0.3, 0.4) is 0 Å². The molecule has 4 heterocycles. The fraction of sp³-hybridized carbons (Fsp3) is 0.120. The maximum atomic E-state index is 13.4. The smallest absolute Gasteiger partial charge is 0.269 e. The average Bonchev–Trinajstić information content (AvgIpc) is 3.46. The zero-order valence-corrected chi connectivity index (χ0v) is 19.8. The molecule has 1 saturated heterocycles. The number of aryl methyl sites for hydroxylation is 1. The van der Waals surface area contributed by atoms with Crippen molar-refractivity contribution in [2.75, 3.05) is 0 Å². The van der Waals surface area contributed by atoms with E-state index in [9.17, 15) is 9.59 Å². The molecule has 34 heavy (non-hydrogen) atoms. The number of carbonyl (C=O) groups excluding carboxylic acids is 1. The molecule has 7 nitrogen and oxygen atoms in total. The first-order valence-electron chi connectivity index (χ1n) is 10.6. The van der Waals surface area contributed by atoms with Gasteiger partial charge in [0.25, 0.3) is 11.5 Å². The van der Waals surface area contributed by atoms with Gasteiger partial charge >= 0.3 is 0 Å². The Hall–Kier alpha value is -3.69. The number of pyridine rings is 1. The van der Waals surface area contributed by atoms with Crippen LogP contribution in [0.25, 0.3) is 11.7 Å². The second kappa shape index (κ2) is 9.28. The fourth-order valence-electron chi connectivity index (χ4n) is 3.51. The molecule has 0 N–H and O–H groups in total.